The number of nitrogens with one attached hydrogen (secondary N) is 1. The number of hydrogen-bond donors (Lipinski definition) is 1. The van der Waals surface area contributed by atoms with Crippen molar-refractivity contribution >= 4 is 0 Å². The van der Waals surface area contributed by atoms with Crippen LogP contribution in [0.4, 0.5) is 0 Å². The minimum atomic E-state index is -0.313. The molecule has 2 heteroatoms. The molecule has 0 unspecified atom stereocenters. The zero-order valence-electron chi connectivity index (χ0n) is 16.9. The first-order valence-corrected chi connectivity index (χ1v) is 10.1. The van der Waals surface area contributed by atoms with E-state index in [1.54, 1.807) is 0 Å². The summed E-state index contributed by atoms with van der Waals surface area (Å²) >= 11 is 0. The Kier molecular flexibility index (Phi) is 6.37. The van der Waals surface area contributed by atoms with E-state index in [0.29, 0.717) is 0 Å². The molecule has 3 rings (SSSR count). The predicted molar refractivity (Wildman–Crippen MR) is 111 cm³/mol. The SMILES string of the molecule is CC1(C)CCC[C@@](C)(C#CC[NH+](Cc2ccccc2)Cc2ccccc2)O1. The van der Waals surface area contributed by atoms with Crippen LogP contribution in [0.1, 0.15) is 51.2 Å². The molecule has 1 fully saturated rings. The summed E-state index contributed by atoms with van der Waals surface area (Å²) in [7, 11) is 0. The maximum absolute atomic E-state index is 6.30. The largest absolute Gasteiger partial charge is 0.357 e. The van der Waals surface area contributed by atoms with Gasteiger partial charge in [0.15, 0.2) is 0 Å². The van der Waals surface area contributed by atoms with Crippen LogP contribution in [-0.4, -0.2) is 17.7 Å². The van der Waals surface area contributed by atoms with Crippen LogP contribution < -0.4 is 4.90 Å². The molecular weight excluding hydrogens is 330 g/mol. The number of hydrogen-bond acceptors (Lipinski definition) is 1. The van der Waals surface area contributed by atoms with Crippen molar-refractivity contribution in [2.24, 2.45) is 0 Å². The van der Waals surface area contributed by atoms with Gasteiger partial charge in [-0.15, -0.1) is 0 Å². The van der Waals surface area contributed by atoms with Crippen molar-refractivity contribution in [3.05, 3.63) is 71.8 Å². The Bertz CT molecular complexity index is 731. The summed E-state index contributed by atoms with van der Waals surface area (Å²) in [5, 5.41) is 0. The van der Waals surface area contributed by atoms with E-state index >= 15 is 0 Å². The van der Waals surface area contributed by atoms with Gasteiger partial charge in [-0.1, -0.05) is 66.6 Å². The fraction of sp³-hybridized carbons (Fsp3) is 0.440. The molecule has 0 radical (unpaired) electrons. The third-order valence-electron chi connectivity index (χ3n) is 5.22. The monoisotopic (exact) mass is 362 g/mol. The van der Waals surface area contributed by atoms with Crippen LogP contribution in [0.15, 0.2) is 60.7 Å². The van der Waals surface area contributed by atoms with Crippen LogP contribution in [0.5, 0.6) is 0 Å². The minimum absolute atomic E-state index is 0.0672. The van der Waals surface area contributed by atoms with Crippen LogP contribution in [-0.2, 0) is 17.8 Å². The van der Waals surface area contributed by atoms with E-state index in [1.165, 1.54) is 22.4 Å². The van der Waals surface area contributed by atoms with Gasteiger partial charge in [0.05, 0.1) is 5.60 Å². The normalized spacial score (nSPS) is 21.5. The molecule has 0 amide bonds. The number of quaternary nitrogens is 1. The lowest BCUT2D eigenvalue weighted by Gasteiger charge is -2.40. The summed E-state index contributed by atoms with van der Waals surface area (Å²) in [5.74, 6) is 6.92. The average molecular weight is 363 g/mol. The van der Waals surface area contributed by atoms with Gasteiger partial charge in [-0.3, -0.25) is 0 Å². The van der Waals surface area contributed by atoms with Gasteiger partial charge < -0.3 is 9.64 Å². The molecule has 1 aliphatic heterocycles. The van der Waals surface area contributed by atoms with E-state index in [1.807, 2.05) is 0 Å². The standard InChI is InChI=1S/C25H31NO/c1-24(2)16-10-17-25(3,27-24)18-11-19-26(20-22-12-6-4-7-13-22)21-23-14-8-5-9-15-23/h4-9,12-15H,10,16-17,19-21H2,1-3H3/p+1/t25-/m0/s1. The van der Waals surface area contributed by atoms with Crippen molar-refractivity contribution in [2.45, 2.75) is 64.3 Å². The average Bonchev–Trinajstić information content (AvgIpc) is 2.62. The molecule has 2 aromatic carbocycles. The van der Waals surface area contributed by atoms with E-state index in [-0.39, 0.29) is 11.2 Å². The Balaban J connectivity index is 1.70. The van der Waals surface area contributed by atoms with Gasteiger partial charge in [0.2, 0.25) is 0 Å². The van der Waals surface area contributed by atoms with E-state index in [9.17, 15) is 0 Å². The topological polar surface area (TPSA) is 13.7 Å². The second kappa shape index (κ2) is 8.74. The molecule has 142 valence electrons. The summed E-state index contributed by atoms with van der Waals surface area (Å²) in [6.07, 6.45) is 3.32. The molecule has 1 heterocycles. The minimum Gasteiger partial charge on any atom is -0.357 e. The van der Waals surface area contributed by atoms with Crippen molar-refractivity contribution in [3.8, 4) is 11.8 Å². The first-order valence-electron chi connectivity index (χ1n) is 10.1. The molecular formula is C25H32NO+. The highest BCUT2D eigenvalue weighted by Crippen LogP contribution is 2.34. The van der Waals surface area contributed by atoms with Crippen LogP contribution in [0.2, 0.25) is 0 Å². The summed E-state index contributed by atoms with van der Waals surface area (Å²) in [6.45, 7) is 9.28. The number of rotatable bonds is 5. The van der Waals surface area contributed by atoms with Crippen molar-refractivity contribution < 1.29 is 9.64 Å². The molecule has 1 aliphatic rings. The van der Waals surface area contributed by atoms with Gasteiger partial charge in [0.1, 0.15) is 25.2 Å². The molecule has 1 atom stereocenters. The van der Waals surface area contributed by atoms with Gasteiger partial charge in [0, 0.05) is 11.1 Å². The van der Waals surface area contributed by atoms with Crippen LogP contribution in [0.3, 0.4) is 0 Å². The van der Waals surface area contributed by atoms with Crippen molar-refractivity contribution in [1.29, 1.82) is 0 Å². The van der Waals surface area contributed by atoms with Crippen molar-refractivity contribution in [1.82, 2.24) is 0 Å². The van der Waals surface area contributed by atoms with Crippen LogP contribution in [0.25, 0.3) is 0 Å². The quantitative estimate of drug-likeness (QED) is 0.794. The zero-order valence-corrected chi connectivity index (χ0v) is 16.9. The van der Waals surface area contributed by atoms with Crippen LogP contribution >= 0.6 is 0 Å². The molecule has 0 aliphatic carbocycles. The molecule has 0 spiro atoms. The van der Waals surface area contributed by atoms with E-state index in [2.05, 4.69) is 93.3 Å². The first-order chi connectivity index (χ1) is 12.9. The lowest BCUT2D eigenvalue weighted by atomic mass is 9.88. The number of ether oxygens (including phenoxy) is 1. The van der Waals surface area contributed by atoms with E-state index < -0.39 is 0 Å². The van der Waals surface area contributed by atoms with Crippen LogP contribution in [0, 0.1) is 11.8 Å². The summed E-state index contributed by atoms with van der Waals surface area (Å²) in [4.78, 5) is 1.46. The molecule has 0 saturated carbocycles. The Morgan fingerprint density at radius 3 is 1.93 bits per heavy atom. The lowest BCUT2D eigenvalue weighted by molar-refractivity contribution is -0.920. The molecule has 1 saturated heterocycles. The van der Waals surface area contributed by atoms with E-state index in [0.717, 1.165) is 32.5 Å². The van der Waals surface area contributed by atoms with Gasteiger partial charge in [-0.2, -0.15) is 0 Å². The molecule has 2 nitrogen and oxygen atoms in total. The van der Waals surface area contributed by atoms with E-state index in [4.69, 9.17) is 4.74 Å². The van der Waals surface area contributed by atoms with Crippen molar-refractivity contribution in [3.63, 3.8) is 0 Å². The predicted octanol–water partition coefficient (Wildman–Crippen LogP) is 4.01. The third-order valence-corrected chi connectivity index (χ3v) is 5.22. The second-order valence-corrected chi connectivity index (χ2v) is 8.50. The Hall–Kier alpha value is -2.08. The Morgan fingerprint density at radius 1 is 0.852 bits per heavy atom. The van der Waals surface area contributed by atoms with Gasteiger partial charge in [0.25, 0.3) is 0 Å². The van der Waals surface area contributed by atoms with Gasteiger partial charge >= 0.3 is 0 Å². The number of benzene rings is 2. The first kappa shape index (κ1) is 19.7. The molecule has 27 heavy (non-hydrogen) atoms. The molecule has 2 aromatic rings. The Labute approximate surface area is 164 Å². The highest BCUT2D eigenvalue weighted by molar-refractivity contribution is 5.17. The third kappa shape index (κ3) is 6.24. The fourth-order valence-corrected chi connectivity index (χ4v) is 3.96. The molecule has 0 aromatic heterocycles. The maximum atomic E-state index is 6.30. The Morgan fingerprint density at radius 2 is 1.41 bits per heavy atom. The lowest BCUT2D eigenvalue weighted by Crippen LogP contribution is -3.09. The highest BCUT2D eigenvalue weighted by atomic mass is 16.5. The molecule has 0 bridgehead atoms. The summed E-state index contributed by atoms with van der Waals surface area (Å²) in [6, 6.07) is 21.4. The molecule has 1 N–H and O–H groups in total. The fourth-order valence-electron chi connectivity index (χ4n) is 3.96. The second-order valence-electron chi connectivity index (χ2n) is 8.50. The highest BCUT2D eigenvalue weighted by Gasteiger charge is 2.35. The summed E-state index contributed by atoms with van der Waals surface area (Å²) < 4.78 is 6.30. The zero-order chi connectivity index (χ0) is 19.2. The smallest absolute Gasteiger partial charge is 0.140 e. The van der Waals surface area contributed by atoms with Gasteiger partial charge in [-0.25, -0.2) is 0 Å². The van der Waals surface area contributed by atoms with Gasteiger partial charge in [-0.05, 0) is 46.0 Å². The maximum Gasteiger partial charge on any atom is 0.140 e. The van der Waals surface area contributed by atoms with Crippen molar-refractivity contribution in [2.75, 3.05) is 6.54 Å². The summed E-state index contributed by atoms with van der Waals surface area (Å²) in [5.41, 5.74) is 2.33.